The highest BCUT2D eigenvalue weighted by atomic mass is 32.2. The van der Waals surface area contributed by atoms with Crippen molar-refractivity contribution >= 4 is 22.1 Å². The first-order valence-electron chi connectivity index (χ1n) is 6.51. The van der Waals surface area contributed by atoms with Gasteiger partial charge in [-0.2, -0.15) is 17.4 Å². The molecule has 0 unspecified atom stereocenters. The molecule has 0 saturated carbocycles. The van der Waals surface area contributed by atoms with E-state index in [4.69, 9.17) is 10.8 Å². The van der Waals surface area contributed by atoms with Crippen molar-refractivity contribution in [2.75, 3.05) is 13.1 Å². The van der Waals surface area contributed by atoms with Gasteiger partial charge in [-0.25, -0.2) is 0 Å². The van der Waals surface area contributed by atoms with Crippen molar-refractivity contribution in [3.8, 4) is 0 Å². The Morgan fingerprint density at radius 1 is 1.40 bits per heavy atom. The fourth-order valence-corrected chi connectivity index (χ4v) is 3.42. The molecule has 0 aromatic heterocycles. The molecule has 4 N–H and O–H groups in total. The maximum Gasteiger partial charge on any atom is 0.321 e. The van der Waals surface area contributed by atoms with Crippen molar-refractivity contribution in [2.24, 2.45) is 11.7 Å². The second-order valence-corrected chi connectivity index (χ2v) is 6.80. The molecule has 1 aliphatic rings. The number of aliphatic carboxylic acids is 1. The maximum absolute atomic E-state index is 12.1. The third kappa shape index (κ3) is 5.06. The van der Waals surface area contributed by atoms with Gasteiger partial charge in [0.25, 0.3) is 10.2 Å². The van der Waals surface area contributed by atoms with Crippen LogP contribution in [0.1, 0.15) is 32.6 Å². The van der Waals surface area contributed by atoms with Crippen molar-refractivity contribution in [1.82, 2.24) is 9.03 Å². The number of nitrogens with one attached hydrogen (secondary N) is 1. The molecular weight excluding hydrogens is 286 g/mol. The van der Waals surface area contributed by atoms with Crippen LogP contribution < -0.4 is 10.5 Å². The highest BCUT2D eigenvalue weighted by Gasteiger charge is 2.31. The Hall–Kier alpha value is -1.19. The molecule has 8 nitrogen and oxygen atoms in total. The second kappa shape index (κ2) is 7.00. The summed E-state index contributed by atoms with van der Waals surface area (Å²) < 4.78 is 27.5. The molecule has 1 aliphatic heterocycles. The topological polar surface area (TPSA) is 130 Å². The van der Waals surface area contributed by atoms with Crippen LogP contribution in [0.3, 0.4) is 0 Å². The number of carbonyl (C=O) groups excluding carboxylic acids is 1. The zero-order valence-electron chi connectivity index (χ0n) is 11.4. The Morgan fingerprint density at radius 2 is 1.95 bits per heavy atom. The summed E-state index contributed by atoms with van der Waals surface area (Å²) in [4.78, 5) is 21.7. The number of carboxylic acid groups (broad SMARTS) is 1. The van der Waals surface area contributed by atoms with Gasteiger partial charge < -0.3 is 10.8 Å². The number of hydrogen-bond donors (Lipinski definition) is 3. The lowest BCUT2D eigenvalue weighted by molar-refractivity contribution is -0.139. The molecule has 1 heterocycles. The van der Waals surface area contributed by atoms with Crippen molar-refractivity contribution in [1.29, 1.82) is 0 Å². The Kier molecular flexibility index (Phi) is 5.90. The van der Waals surface area contributed by atoms with Crippen LogP contribution in [0.25, 0.3) is 0 Å². The fourth-order valence-electron chi connectivity index (χ4n) is 2.00. The van der Waals surface area contributed by atoms with Crippen molar-refractivity contribution in [2.45, 2.75) is 38.6 Å². The van der Waals surface area contributed by atoms with Gasteiger partial charge in [0.1, 0.15) is 6.04 Å². The largest absolute Gasteiger partial charge is 0.480 e. The van der Waals surface area contributed by atoms with Crippen LogP contribution >= 0.6 is 0 Å². The molecule has 0 spiro atoms. The van der Waals surface area contributed by atoms with Gasteiger partial charge in [-0.1, -0.05) is 6.92 Å². The van der Waals surface area contributed by atoms with Crippen LogP contribution in [0.4, 0.5) is 0 Å². The molecule has 0 aromatic rings. The molecule has 0 bridgehead atoms. The summed E-state index contributed by atoms with van der Waals surface area (Å²) in [6.07, 6.45) is 1.16. The third-order valence-electron chi connectivity index (χ3n) is 3.35. The number of rotatable bonds is 7. The van der Waals surface area contributed by atoms with Crippen molar-refractivity contribution in [3.63, 3.8) is 0 Å². The lowest BCUT2D eigenvalue weighted by Gasteiger charge is -2.30. The molecule has 0 aliphatic carbocycles. The first-order valence-corrected chi connectivity index (χ1v) is 7.95. The first-order chi connectivity index (χ1) is 9.22. The average molecular weight is 307 g/mol. The van der Waals surface area contributed by atoms with Gasteiger partial charge in [-0.05, 0) is 25.2 Å². The number of nitrogens with zero attached hydrogens (tertiary/aromatic N) is 1. The van der Waals surface area contributed by atoms with Gasteiger partial charge in [0, 0.05) is 19.5 Å². The molecule has 1 saturated heterocycles. The second-order valence-electron chi connectivity index (χ2n) is 5.10. The van der Waals surface area contributed by atoms with E-state index < -0.39 is 28.1 Å². The minimum Gasteiger partial charge on any atom is -0.480 e. The Labute approximate surface area is 118 Å². The van der Waals surface area contributed by atoms with E-state index in [2.05, 4.69) is 4.72 Å². The van der Waals surface area contributed by atoms with E-state index in [1.165, 1.54) is 4.31 Å². The maximum atomic E-state index is 12.1. The van der Waals surface area contributed by atoms with Crippen molar-refractivity contribution in [3.05, 3.63) is 0 Å². The number of nitrogens with two attached hydrogens (primary N) is 1. The summed E-state index contributed by atoms with van der Waals surface area (Å²) in [5.74, 6) is -1.52. The normalized spacial score (nSPS) is 19.6. The molecular formula is C11H21N3O5S. The smallest absolute Gasteiger partial charge is 0.321 e. The lowest BCUT2D eigenvalue weighted by Crippen LogP contribution is -2.50. The third-order valence-corrected chi connectivity index (χ3v) is 4.98. The van der Waals surface area contributed by atoms with E-state index in [0.29, 0.717) is 19.0 Å². The highest BCUT2D eigenvalue weighted by molar-refractivity contribution is 7.87. The number of carboxylic acids is 1. The molecule has 0 radical (unpaired) electrons. The number of hydrogen-bond acceptors (Lipinski definition) is 4. The van der Waals surface area contributed by atoms with E-state index in [1.54, 1.807) is 0 Å². The number of amides is 1. The predicted molar refractivity (Wildman–Crippen MR) is 71.9 cm³/mol. The van der Waals surface area contributed by atoms with E-state index in [1.807, 2.05) is 6.92 Å². The van der Waals surface area contributed by atoms with Crippen LogP contribution in [-0.2, 0) is 19.8 Å². The Morgan fingerprint density at radius 3 is 2.40 bits per heavy atom. The fraction of sp³-hybridized carbons (Fsp3) is 0.818. The number of piperidine rings is 1. The van der Waals surface area contributed by atoms with Gasteiger partial charge in [0.15, 0.2) is 0 Å². The summed E-state index contributed by atoms with van der Waals surface area (Å²) in [7, 11) is -3.85. The van der Waals surface area contributed by atoms with Gasteiger partial charge in [-0.3, -0.25) is 9.59 Å². The van der Waals surface area contributed by atoms with Crippen LogP contribution in [0.2, 0.25) is 0 Å². The summed E-state index contributed by atoms with van der Waals surface area (Å²) >= 11 is 0. The molecule has 1 amide bonds. The quantitative estimate of drug-likeness (QED) is 0.571. The van der Waals surface area contributed by atoms with Crippen LogP contribution in [-0.4, -0.2) is 48.8 Å². The van der Waals surface area contributed by atoms with E-state index in [0.717, 1.165) is 12.8 Å². The lowest BCUT2D eigenvalue weighted by atomic mass is 10.0. The van der Waals surface area contributed by atoms with E-state index >= 15 is 0 Å². The van der Waals surface area contributed by atoms with E-state index in [-0.39, 0.29) is 12.8 Å². The summed E-state index contributed by atoms with van der Waals surface area (Å²) in [5, 5.41) is 8.99. The monoisotopic (exact) mass is 307 g/mol. The average Bonchev–Trinajstić information content (AvgIpc) is 2.34. The minimum atomic E-state index is -3.85. The molecule has 116 valence electrons. The zero-order chi connectivity index (χ0) is 15.3. The van der Waals surface area contributed by atoms with Gasteiger partial charge in [-0.15, -0.1) is 0 Å². The summed E-state index contributed by atoms with van der Waals surface area (Å²) in [6.45, 7) is 2.79. The standard InChI is InChI=1S/C11H21N3O5S/c1-8-4-6-14(7-5-8)20(18,19)13-9(11(16)17)2-3-10(12)15/h8-9,13H,2-7H2,1H3,(H2,12,15)(H,16,17)/t9-/m0/s1. The van der Waals surface area contributed by atoms with Crippen LogP contribution in [0, 0.1) is 5.92 Å². The molecule has 1 fully saturated rings. The number of carbonyl (C=O) groups is 2. The molecule has 1 atom stereocenters. The van der Waals surface area contributed by atoms with Gasteiger partial charge in [0.2, 0.25) is 5.91 Å². The molecule has 0 aromatic carbocycles. The summed E-state index contributed by atoms with van der Waals surface area (Å²) in [6, 6.07) is -1.34. The van der Waals surface area contributed by atoms with E-state index in [9.17, 15) is 18.0 Å². The predicted octanol–water partition coefficient (Wildman–Crippen LogP) is -0.729. The van der Waals surface area contributed by atoms with Crippen molar-refractivity contribution < 1.29 is 23.1 Å². The molecule has 9 heteroatoms. The highest BCUT2D eigenvalue weighted by Crippen LogP contribution is 2.18. The number of primary amides is 1. The van der Waals surface area contributed by atoms with Crippen LogP contribution in [0.15, 0.2) is 0 Å². The Balaban J connectivity index is 2.66. The van der Waals surface area contributed by atoms with Crippen LogP contribution in [0.5, 0.6) is 0 Å². The zero-order valence-corrected chi connectivity index (χ0v) is 12.2. The first kappa shape index (κ1) is 16.9. The molecule has 1 rings (SSSR count). The van der Waals surface area contributed by atoms with Gasteiger partial charge >= 0.3 is 5.97 Å². The molecule has 20 heavy (non-hydrogen) atoms. The SMILES string of the molecule is CC1CCN(S(=O)(=O)N[C@@H](CCC(N)=O)C(=O)O)CC1. The van der Waals surface area contributed by atoms with Gasteiger partial charge in [0.05, 0.1) is 0 Å². The minimum absolute atomic E-state index is 0.159. The Bertz CT molecular complexity index is 457. The summed E-state index contributed by atoms with van der Waals surface area (Å²) in [5.41, 5.74) is 4.94.